The third kappa shape index (κ3) is 3.39. The molecule has 0 N–H and O–H groups in total. The molecule has 0 atom stereocenters. The lowest BCUT2D eigenvalue weighted by Crippen LogP contribution is -2.33. The first-order chi connectivity index (χ1) is 7.27. The maximum atomic E-state index is 12.5. The van der Waals surface area contributed by atoms with E-state index in [2.05, 4.69) is 20.8 Å². The van der Waals surface area contributed by atoms with Crippen LogP contribution in [0.5, 0.6) is 0 Å². The van der Waals surface area contributed by atoms with Crippen molar-refractivity contribution in [1.29, 1.82) is 0 Å². The SMILES string of the molecule is CCCC(C)(C)C1CCC(C(F)(F)F)CC1. The van der Waals surface area contributed by atoms with E-state index in [0.717, 1.165) is 25.7 Å². The fourth-order valence-electron chi connectivity index (χ4n) is 3.05. The van der Waals surface area contributed by atoms with Crippen molar-refractivity contribution < 1.29 is 13.2 Å². The van der Waals surface area contributed by atoms with Crippen LogP contribution in [-0.2, 0) is 0 Å². The Labute approximate surface area is 96.6 Å². The maximum Gasteiger partial charge on any atom is 0.391 e. The van der Waals surface area contributed by atoms with Crippen LogP contribution in [0.2, 0.25) is 0 Å². The zero-order valence-corrected chi connectivity index (χ0v) is 10.5. The first kappa shape index (κ1) is 13.9. The molecule has 0 nitrogen and oxygen atoms in total. The number of rotatable bonds is 3. The van der Waals surface area contributed by atoms with Gasteiger partial charge in [0.05, 0.1) is 5.92 Å². The number of hydrogen-bond acceptors (Lipinski definition) is 0. The Bertz CT molecular complexity index is 210. The fraction of sp³-hybridized carbons (Fsp3) is 1.00. The summed E-state index contributed by atoms with van der Waals surface area (Å²) in [4.78, 5) is 0. The van der Waals surface area contributed by atoms with E-state index in [1.54, 1.807) is 0 Å². The van der Waals surface area contributed by atoms with Gasteiger partial charge in [-0.1, -0.05) is 27.2 Å². The van der Waals surface area contributed by atoms with Crippen molar-refractivity contribution in [1.82, 2.24) is 0 Å². The third-order valence-corrected chi connectivity index (χ3v) is 4.19. The molecule has 0 saturated heterocycles. The standard InChI is InChI=1S/C13H23F3/c1-4-9-12(2,3)10-5-7-11(8-6-10)13(14,15)16/h10-11H,4-9H2,1-3H3. The van der Waals surface area contributed by atoms with Crippen LogP contribution >= 0.6 is 0 Å². The Hall–Kier alpha value is -0.210. The number of hydrogen-bond donors (Lipinski definition) is 0. The summed E-state index contributed by atoms with van der Waals surface area (Å²) in [7, 11) is 0. The lowest BCUT2D eigenvalue weighted by molar-refractivity contribution is -0.186. The summed E-state index contributed by atoms with van der Waals surface area (Å²) in [5, 5.41) is 0. The molecule has 0 radical (unpaired) electrons. The zero-order chi connectivity index (χ0) is 12.4. The van der Waals surface area contributed by atoms with Crippen molar-refractivity contribution in [3.63, 3.8) is 0 Å². The van der Waals surface area contributed by atoms with Crippen LogP contribution < -0.4 is 0 Å². The smallest absolute Gasteiger partial charge is 0.171 e. The molecule has 1 saturated carbocycles. The van der Waals surface area contributed by atoms with Crippen molar-refractivity contribution in [2.24, 2.45) is 17.3 Å². The fourth-order valence-corrected chi connectivity index (χ4v) is 3.05. The van der Waals surface area contributed by atoms with Gasteiger partial charge in [-0.2, -0.15) is 13.2 Å². The van der Waals surface area contributed by atoms with Crippen molar-refractivity contribution in [2.45, 2.75) is 65.5 Å². The molecule has 1 aliphatic carbocycles. The quantitative estimate of drug-likeness (QED) is 0.633. The van der Waals surface area contributed by atoms with Crippen molar-refractivity contribution in [2.75, 3.05) is 0 Å². The Balaban J connectivity index is 2.49. The van der Waals surface area contributed by atoms with E-state index in [1.165, 1.54) is 0 Å². The molecule has 16 heavy (non-hydrogen) atoms. The van der Waals surface area contributed by atoms with E-state index in [1.807, 2.05) is 0 Å². The van der Waals surface area contributed by atoms with E-state index in [9.17, 15) is 13.2 Å². The average Bonchev–Trinajstić information content (AvgIpc) is 2.16. The summed E-state index contributed by atoms with van der Waals surface area (Å²) in [6.07, 6.45) is 0.428. The molecule has 0 aromatic rings. The van der Waals surface area contributed by atoms with Gasteiger partial charge in [-0.3, -0.25) is 0 Å². The lowest BCUT2D eigenvalue weighted by Gasteiger charge is -2.39. The maximum absolute atomic E-state index is 12.5. The van der Waals surface area contributed by atoms with Gasteiger partial charge in [0.15, 0.2) is 0 Å². The Morgan fingerprint density at radius 3 is 1.75 bits per heavy atom. The van der Waals surface area contributed by atoms with Crippen LogP contribution in [0.15, 0.2) is 0 Å². The summed E-state index contributed by atoms with van der Waals surface area (Å²) >= 11 is 0. The average molecular weight is 236 g/mol. The largest absolute Gasteiger partial charge is 0.391 e. The molecule has 0 aliphatic heterocycles. The van der Waals surface area contributed by atoms with Crippen LogP contribution in [-0.4, -0.2) is 6.18 Å². The van der Waals surface area contributed by atoms with Gasteiger partial charge < -0.3 is 0 Å². The predicted octanol–water partition coefficient (Wildman–Crippen LogP) is 5.18. The molecular weight excluding hydrogens is 213 g/mol. The minimum Gasteiger partial charge on any atom is -0.171 e. The minimum atomic E-state index is -3.97. The van der Waals surface area contributed by atoms with E-state index < -0.39 is 12.1 Å². The van der Waals surface area contributed by atoms with Crippen LogP contribution in [0.3, 0.4) is 0 Å². The molecule has 1 fully saturated rings. The molecule has 0 aromatic heterocycles. The highest BCUT2D eigenvalue weighted by atomic mass is 19.4. The zero-order valence-electron chi connectivity index (χ0n) is 10.5. The normalized spacial score (nSPS) is 28.1. The second kappa shape index (κ2) is 4.97. The molecule has 0 unspecified atom stereocenters. The van der Waals surface area contributed by atoms with E-state index in [-0.39, 0.29) is 5.41 Å². The predicted molar refractivity (Wildman–Crippen MR) is 60.2 cm³/mol. The van der Waals surface area contributed by atoms with Gasteiger partial charge in [-0.05, 0) is 43.4 Å². The third-order valence-electron chi connectivity index (χ3n) is 4.19. The summed E-state index contributed by atoms with van der Waals surface area (Å²) in [6, 6.07) is 0. The Morgan fingerprint density at radius 2 is 1.38 bits per heavy atom. The number of alkyl halides is 3. The molecule has 0 aromatic carbocycles. The second-order valence-corrected chi connectivity index (χ2v) is 5.83. The Kier molecular flexibility index (Phi) is 4.30. The molecular formula is C13H23F3. The first-order valence-corrected chi connectivity index (χ1v) is 6.34. The molecule has 0 spiro atoms. The topological polar surface area (TPSA) is 0 Å². The molecule has 1 rings (SSSR count). The van der Waals surface area contributed by atoms with Crippen LogP contribution in [0.25, 0.3) is 0 Å². The Morgan fingerprint density at radius 1 is 0.938 bits per heavy atom. The van der Waals surface area contributed by atoms with E-state index in [4.69, 9.17) is 0 Å². The minimum absolute atomic E-state index is 0.214. The molecule has 1 aliphatic rings. The van der Waals surface area contributed by atoms with Gasteiger partial charge in [0, 0.05) is 0 Å². The van der Waals surface area contributed by atoms with E-state index >= 15 is 0 Å². The molecule has 0 amide bonds. The highest BCUT2D eigenvalue weighted by Crippen LogP contribution is 2.46. The molecule has 0 heterocycles. The highest BCUT2D eigenvalue weighted by molar-refractivity contribution is 4.85. The molecule has 0 bridgehead atoms. The summed E-state index contributed by atoms with van der Waals surface area (Å²) in [6.45, 7) is 6.55. The van der Waals surface area contributed by atoms with Gasteiger partial charge in [-0.15, -0.1) is 0 Å². The summed E-state index contributed by atoms with van der Waals surface area (Å²) < 4.78 is 37.5. The molecule has 3 heteroatoms. The lowest BCUT2D eigenvalue weighted by atomic mass is 9.67. The van der Waals surface area contributed by atoms with Gasteiger partial charge in [0.25, 0.3) is 0 Å². The number of halogens is 3. The summed E-state index contributed by atoms with van der Waals surface area (Å²) in [5.41, 5.74) is 0.214. The van der Waals surface area contributed by atoms with Crippen LogP contribution in [0.4, 0.5) is 13.2 Å². The van der Waals surface area contributed by atoms with Gasteiger partial charge >= 0.3 is 6.18 Å². The van der Waals surface area contributed by atoms with Crippen LogP contribution in [0, 0.1) is 17.3 Å². The second-order valence-electron chi connectivity index (χ2n) is 5.83. The monoisotopic (exact) mass is 236 g/mol. The van der Waals surface area contributed by atoms with Crippen molar-refractivity contribution in [3.05, 3.63) is 0 Å². The summed E-state index contributed by atoms with van der Waals surface area (Å²) in [5.74, 6) is -0.563. The van der Waals surface area contributed by atoms with Gasteiger partial charge in [0.1, 0.15) is 0 Å². The van der Waals surface area contributed by atoms with Crippen molar-refractivity contribution >= 4 is 0 Å². The highest BCUT2D eigenvalue weighted by Gasteiger charge is 2.43. The van der Waals surface area contributed by atoms with Crippen LogP contribution in [0.1, 0.15) is 59.3 Å². The van der Waals surface area contributed by atoms with Crippen molar-refractivity contribution in [3.8, 4) is 0 Å². The van der Waals surface area contributed by atoms with Gasteiger partial charge in [0.2, 0.25) is 0 Å². The molecule has 96 valence electrons. The van der Waals surface area contributed by atoms with E-state index in [0.29, 0.717) is 18.8 Å². The van der Waals surface area contributed by atoms with Gasteiger partial charge in [-0.25, -0.2) is 0 Å². The first-order valence-electron chi connectivity index (χ1n) is 6.34.